The topological polar surface area (TPSA) is 170 Å². The van der Waals surface area contributed by atoms with Gasteiger partial charge in [-0.25, -0.2) is 36.2 Å². The van der Waals surface area contributed by atoms with Gasteiger partial charge < -0.3 is 10.2 Å². The number of nitrogens with zero attached hydrogens (tertiary/aromatic N) is 2. The molecular formula is C10H17F6N4O6S2+. The molecule has 6 N–H and O–H groups in total. The molecule has 1 aromatic rings. The van der Waals surface area contributed by atoms with Crippen molar-refractivity contribution in [1.29, 1.82) is 0 Å². The number of alkyl halides is 6. The van der Waals surface area contributed by atoms with Crippen molar-refractivity contribution in [2.45, 2.75) is 23.7 Å². The Kier molecular flexibility index (Phi) is 10.9. The molecule has 0 aliphatic carbocycles. The highest BCUT2D eigenvalue weighted by atomic mass is 32.2. The molecule has 166 valence electrons. The lowest BCUT2D eigenvalue weighted by Gasteiger charge is -2.01. The second kappa shape index (κ2) is 10.7. The van der Waals surface area contributed by atoms with E-state index in [2.05, 4.69) is 16.9 Å². The van der Waals surface area contributed by atoms with Crippen molar-refractivity contribution < 1.29 is 58.0 Å². The van der Waals surface area contributed by atoms with Crippen LogP contribution in [-0.4, -0.2) is 55.3 Å². The van der Waals surface area contributed by atoms with Crippen LogP contribution in [0.2, 0.25) is 0 Å². The average Bonchev–Trinajstić information content (AvgIpc) is 2.91. The van der Waals surface area contributed by atoms with E-state index >= 15 is 0 Å². The number of hydrogen-bond acceptors (Lipinski definition) is 6. The summed E-state index contributed by atoms with van der Waals surface area (Å²) in [6.45, 7) is 3.77. The van der Waals surface area contributed by atoms with Crippen LogP contribution in [0, 0.1) is 0 Å². The molecule has 28 heavy (non-hydrogen) atoms. The lowest BCUT2D eigenvalue weighted by atomic mass is 10.4. The highest BCUT2D eigenvalue weighted by molar-refractivity contribution is 7.90. The number of imidazole rings is 1. The van der Waals surface area contributed by atoms with Crippen LogP contribution >= 0.6 is 0 Å². The summed E-state index contributed by atoms with van der Waals surface area (Å²) in [6.07, 6.45) is 6.36. The van der Waals surface area contributed by atoms with Gasteiger partial charge in [0.25, 0.3) is 0 Å². The number of sulfonamides is 2. The minimum absolute atomic E-state index is 0.216. The van der Waals surface area contributed by atoms with Crippen molar-refractivity contribution in [2.24, 2.45) is 10.3 Å². The number of aliphatic hydroxyl groups is 2. The number of rotatable bonds is 4. The number of nitrogens with two attached hydrogens (primary N) is 2. The van der Waals surface area contributed by atoms with Gasteiger partial charge in [-0.3, -0.25) is 0 Å². The molecule has 0 radical (unpaired) electrons. The third-order valence-corrected chi connectivity index (χ3v) is 3.49. The Morgan fingerprint density at radius 3 is 1.64 bits per heavy atom. The van der Waals surface area contributed by atoms with Crippen LogP contribution < -0.4 is 14.8 Å². The molecule has 0 aliphatic rings. The molecule has 18 heteroatoms. The van der Waals surface area contributed by atoms with Gasteiger partial charge >= 0.3 is 31.1 Å². The first kappa shape index (κ1) is 28.5. The summed E-state index contributed by atoms with van der Waals surface area (Å²) in [5.41, 5.74) is -10.6. The highest BCUT2D eigenvalue weighted by Gasteiger charge is 2.43. The summed E-state index contributed by atoms with van der Waals surface area (Å²) < 4.78 is 106. The predicted molar refractivity (Wildman–Crippen MR) is 82.4 cm³/mol. The maximum absolute atomic E-state index is 10.8. The van der Waals surface area contributed by atoms with Crippen LogP contribution in [0.25, 0.3) is 6.20 Å². The van der Waals surface area contributed by atoms with Crippen LogP contribution in [0.15, 0.2) is 25.3 Å². The van der Waals surface area contributed by atoms with Gasteiger partial charge in [-0.15, -0.1) is 0 Å². The summed E-state index contributed by atoms with van der Waals surface area (Å²) in [4.78, 5) is 0. The Hall–Kier alpha value is -1.73. The fourth-order valence-corrected chi connectivity index (χ4v) is 0.928. The maximum atomic E-state index is 10.8. The van der Waals surface area contributed by atoms with E-state index in [4.69, 9.17) is 10.2 Å². The van der Waals surface area contributed by atoms with E-state index in [0.29, 0.717) is 6.54 Å². The van der Waals surface area contributed by atoms with Gasteiger partial charge in [-0.05, 0) is 0 Å². The molecule has 1 unspecified atom stereocenters. The number of primary sulfonamides is 2. The second-order valence-corrected chi connectivity index (χ2v) is 7.66. The number of aliphatic hydroxyl groups excluding tert-OH is 2. The van der Waals surface area contributed by atoms with Crippen LogP contribution in [0.1, 0.15) is 0 Å². The fraction of sp³-hybridized carbons (Fsp3) is 0.500. The summed E-state index contributed by atoms with van der Waals surface area (Å²) in [5, 5.41) is 25.0. The zero-order valence-corrected chi connectivity index (χ0v) is 15.3. The molecule has 1 aromatic heterocycles. The van der Waals surface area contributed by atoms with Gasteiger partial charge in [-0.1, -0.05) is 6.58 Å². The fourth-order valence-electron chi connectivity index (χ4n) is 0.928. The molecule has 1 atom stereocenters. The molecule has 0 fully saturated rings. The maximum Gasteiger partial charge on any atom is 0.511 e. The first-order chi connectivity index (χ1) is 12.3. The van der Waals surface area contributed by atoms with Crippen molar-refractivity contribution in [3.8, 4) is 0 Å². The van der Waals surface area contributed by atoms with E-state index in [1.165, 1.54) is 0 Å². The standard InChI is InChI=1S/C8H13N2O2.2CH2F3NO2S/c1-2-9-3-4-10(7-9)5-8(12)6-11;2*2-1(3,4)8(5,6)7/h2-4,7-8,11-12H,1,5-6H2;2*(H2,5,6,7)/q+1;;. The predicted octanol–water partition coefficient (Wildman–Crippen LogP) is -1.18. The summed E-state index contributed by atoms with van der Waals surface area (Å²) in [7, 11) is -10.7. The van der Waals surface area contributed by atoms with Crippen molar-refractivity contribution in [3.05, 3.63) is 25.3 Å². The Morgan fingerprint density at radius 2 is 1.43 bits per heavy atom. The molecule has 10 nitrogen and oxygen atoms in total. The third-order valence-electron chi connectivity index (χ3n) is 2.20. The van der Waals surface area contributed by atoms with E-state index in [1.807, 2.05) is 6.20 Å². The van der Waals surface area contributed by atoms with E-state index in [1.54, 1.807) is 27.9 Å². The van der Waals surface area contributed by atoms with E-state index in [-0.39, 0.29) is 6.61 Å². The van der Waals surface area contributed by atoms with Gasteiger partial charge in [0.2, 0.25) is 6.33 Å². The molecule has 0 bridgehead atoms. The molecule has 1 heterocycles. The Labute approximate surface area is 155 Å². The van der Waals surface area contributed by atoms with Crippen LogP contribution in [-0.2, 0) is 26.6 Å². The van der Waals surface area contributed by atoms with Crippen molar-refractivity contribution >= 4 is 26.2 Å². The zero-order chi connectivity index (χ0) is 23.0. The first-order valence-electron chi connectivity index (χ1n) is 6.42. The second-order valence-electron chi connectivity index (χ2n) is 4.56. The van der Waals surface area contributed by atoms with E-state index in [9.17, 15) is 43.2 Å². The lowest BCUT2D eigenvalue weighted by molar-refractivity contribution is -0.703. The number of halogens is 6. The third kappa shape index (κ3) is 11.9. The monoisotopic (exact) mass is 467 g/mol. The quantitative estimate of drug-likeness (QED) is 0.321. The van der Waals surface area contributed by atoms with Crippen LogP contribution in [0.4, 0.5) is 26.3 Å². The Bertz CT molecular complexity index is 776. The smallest absolute Gasteiger partial charge is 0.394 e. The minimum atomic E-state index is -5.34. The summed E-state index contributed by atoms with van der Waals surface area (Å²) in [5.74, 6) is 0. The van der Waals surface area contributed by atoms with Crippen LogP contribution in [0.5, 0.6) is 0 Å². The molecule has 0 aliphatic heterocycles. The average molecular weight is 467 g/mol. The van der Waals surface area contributed by atoms with Gasteiger partial charge in [0.15, 0.2) is 0 Å². The zero-order valence-electron chi connectivity index (χ0n) is 13.7. The molecule has 0 aromatic carbocycles. The number of aromatic nitrogens is 2. The molecule has 1 rings (SSSR count). The minimum Gasteiger partial charge on any atom is -0.394 e. The Morgan fingerprint density at radius 1 is 1.07 bits per heavy atom. The molecular weight excluding hydrogens is 450 g/mol. The van der Waals surface area contributed by atoms with Gasteiger partial charge in [-0.2, -0.15) is 26.3 Å². The van der Waals surface area contributed by atoms with Crippen molar-refractivity contribution in [2.75, 3.05) is 6.61 Å². The molecule has 0 spiro atoms. The number of hydrogen-bond donors (Lipinski definition) is 4. The molecule has 0 saturated carbocycles. The normalized spacial score (nSPS) is 13.5. The van der Waals surface area contributed by atoms with Gasteiger partial charge in [0.05, 0.1) is 12.8 Å². The largest absolute Gasteiger partial charge is 0.511 e. The van der Waals surface area contributed by atoms with E-state index < -0.39 is 37.2 Å². The van der Waals surface area contributed by atoms with Gasteiger partial charge in [0.1, 0.15) is 25.0 Å². The summed E-state index contributed by atoms with van der Waals surface area (Å²) in [6, 6.07) is 0. The van der Waals surface area contributed by atoms with E-state index in [0.717, 1.165) is 0 Å². The molecule has 0 saturated heterocycles. The Balaban J connectivity index is 0. The molecule has 0 amide bonds. The first-order valence-corrected chi connectivity index (χ1v) is 9.51. The SMILES string of the molecule is C=Cn1cc[n+](CC(O)CO)c1.NS(=O)(=O)C(F)(F)F.NS(=O)(=O)C(F)(F)F. The highest BCUT2D eigenvalue weighted by Crippen LogP contribution is 2.19. The summed E-state index contributed by atoms with van der Waals surface area (Å²) >= 11 is 0. The lowest BCUT2D eigenvalue weighted by Crippen LogP contribution is -2.39. The van der Waals surface area contributed by atoms with Crippen LogP contribution in [0.3, 0.4) is 0 Å². The van der Waals surface area contributed by atoms with Crippen molar-refractivity contribution in [3.63, 3.8) is 0 Å². The van der Waals surface area contributed by atoms with Crippen molar-refractivity contribution in [1.82, 2.24) is 4.57 Å². The van der Waals surface area contributed by atoms with Gasteiger partial charge in [0, 0.05) is 0 Å².